The van der Waals surface area contributed by atoms with Gasteiger partial charge in [-0.15, -0.1) is 0 Å². The molecule has 0 atom stereocenters. The first-order chi connectivity index (χ1) is 10.5. The number of nitrogens with zero attached hydrogens (tertiary/aromatic N) is 1. The largest absolute Gasteiger partial charge is 0.465 e. The average Bonchev–Trinajstić information content (AvgIpc) is 2.54. The van der Waals surface area contributed by atoms with E-state index in [0.717, 1.165) is 5.69 Å². The van der Waals surface area contributed by atoms with Crippen LogP contribution in [0.4, 0.5) is 11.4 Å². The van der Waals surface area contributed by atoms with Gasteiger partial charge in [-0.2, -0.15) is 0 Å². The third-order valence-electron chi connectivity index (χ3n) is 3.17. The molecule has 5 heteroatoms. The summed E-state index contributed by atoms with van der Waals surface area (Å²) in [5, 5.41) is 2.82. The van der Waals surface area contributed by atoms with E-state index in [-0.39, 0.29) is 5.91 Å². The van der Waals surface area contributed by atoms with Crippen LogP contribution in [0.3, 0.4) is 0 Å². The number of benzene rings is 2. The molecule has 1 N–H and O–H groups in total. The molecule has 2 aromatic rings. The summed E-state index contributed by atoms with van der Waals surface area (Å²) in [6.45, 7) is 0. The zero-order valence-corrected chi connectivity index (χ0v) is 12.8. The van der Waals surface area contributed by atoms with Crippen molar-refractivity contribution in [2.45, 2.75) is 0 Å². The molecule has 2 aromatic carbocycles. The maximum atomic E-state index is 12.3. The fourth-order valence-electron chi connectivity index (χ4n) is 1.97. The van der Waals surface area contributed by atoms with Crippen LogP contribution in [-0.4, -0.2) is 33.1 Å². The van der Waals surface area contributed by atoms with E-state index in [2.05, 4.69) is 10.1 Å². The highest BCUT2D eigenvalue weighted by atomic mass is 16.5. The van der Waals surface area contributed by atoms with Gasteiger partial charge in [0.05, 0.1) is 12.7 Å². The van der Waals surface area contributed by atoms with Crippen molar-refractivity contribution in [2.24, 2.45) is 0 Å². The van der Waals surface area contributed by atoms with Crippen LogP contribution in [0.15, 0.2) is 48.5 Å². The Morgan fingerprint density at radius 2 is 1.68 bits per heavy atom. The van der Waals surface area contributed by atoms with Crippen LogP contribution in [0.2, 0.25) is 0 Å². The first-order valence-corrected chi connectivity index (χ1v) is 6.78. The minimum atomic E-state index is -0.468. The summed E-state index contributed by atoms with van der Waals surface area (Å²) in [4.78, 5) is 25.7. The SMILES string of the molecule is COC(=O)c1cccc(C(=O)Nc2cccc(N(C)C)c2)c1. The lowest BCUT2D eigenvalue weighted by atomic mass is 10.1. The standard InChI is InChI=1S/C17H18N2O3/c1-19(2)15-9-5-8-14(11-15)18-16(20)12-6-4-7-13(10-12)17(21)22-3/h4-11H,1-3H3,(H,18,20). The summed E-state index contributed by atoms with van der Waals surface area (Å²) in [7, 11) is 5.17. The molecule has 0 saturated heterocycles. The van der Waals surface area contributed by atoms with Gasteiger partial charge in [0.15, 0.2) is 0 Å². The molecule has 0 aromatic heterocycles. The molecular formula is C17H18N2O3. The number of methoxy groups -OCH3 is 1. The van der Waals surface area contributed by atoms with Crippen molar-refractivity contribution in [3.8, 4) is 0 Å². The number of amides is 1. The summed E-state index contributed by atoms with van der Waals surface area (Å²) in [5.74, 6) is -0.745. The molecule has 0 fully saturated rings. The molecule has 0 aliphatic carbocycles. The van der Waals surface area contributed by atoms with Crippen LogP contribution in [0.1, 0.15) is 20.7 Å². The van der Waals surface area contributed by atoms with Crippen LogP contribution in [0.25, 0.3) is 0 Å². The molecule has 0 aliphatic heterocycles. The van der Waals surface area contributed by atoms with Crippen LogP contribution in [0.5, 0.6) is 0 Å². The minimum absolute atomic E-state index is 0.276. The van der Waals surface area contributed by atoms with Gasteiger partial charge < -0.3 is 15.0 Å². The second-order valence-corrected chi connectivity index (χ2v) is 4.97. The molecule has 114 valence electrons. The molecular weight excluding hydrogens is 280 g/mol. The number of carbonyl (C=O) groups excluding carboxylic acids is 2. The van der Waals surface area contributed by atoms with E-state index in [0.29, 0.717) is 16.8 Å². The van der Waals surface area contributed by atoms with E-state index in [4.69, 9.17) is 0 Å². The lowest BCUT2D eigenvalue weighted by Crippen LogP contribution is -2.14. The van der Waals surface area contributed by atoms with Gasteiger partial charge in [-0.25, -0.2) is 4.79 Å². The fraction of sp³-hybridized carbons (Fsp3) is 0.176. The number of nitrogens with one attached hydrogen (secondary N) is 1. The second kappa shape index (κ2) is 6.76. The monoisotopic (exact) mass is 298 g/mol. The quantitative estimate of drug-likeness (QED) is 0.882. The van der Waals surface area contributed by atoms with Crippen molar-refractivity contribution < 1.29 is 14.3 Å². The van der Waals surface area contributed by atoms with Crippen molar-refractivity contribution in [3.05, 3.63) is 59.7 Å². The van der Waals surface area contributed by atoms with E-state index < -0.39 is 5.97 Å². The third-order valence-corrected chi connectivity index (χ3v) is 3.17. The van der Waals surface area contributed by atoms with Crippen molar-refractivity contribution >= 4 is 23.3 Å². The van der Waals surface area contributed by atoms with Gasteiger partial charge in [0.2, 0.25) is 0 Å². The number of ether oxygens (including phenoxy) is 1. The Labute approximate surface area is 129 Å². The van der Waals surface area contributed by atoms with E-state index >= 15 is 0 Å². The molecule has 22 heavy (non-hydrogen) atoms. The molecule has 2 rings (SSSR count). The van der Waals surface area contributed by atoms with Crippen LogP contribution >= 0.6 is 0 Å². The van der Waals surface area contributed by atoms with E-state index in [1.165, 1.54) is 13.2 Å². The van der Waals surface area contributed by atoms with Gasteiger partial charge in [0.25, 0.3) is 5.91 Å². The zero-order valence-electron chi connectivity index (χ0n) is 12.8. The van der Waals surface area contributed by atoms with Gasteiger partial charge in [-0.3, -0.25) is 4.79 Å². The second-order valence-electron chi connectivity index (χ2n) is 4.97. The summed E-state index contributed by atoms with van der Waals surface area (Å²) in [6.07, 6.45) is 0. The highest BCUT2D eigenvalue weighted by molar-refractivity contribution is 6.05. The molecule has 0 radical (unpaired) electrons. The number of esters is 1. The first-order valence-electron chi connectivity index (χ1n) is 6.78. The smallest absolute Gasteiger partial charge is 0.337 e. The molecule has 0 unspecified atom stereocenters. The van der Waals surface area contributed by atoms with E-state index in [1.807, 2.05) is 43.3 Å². The average molecular weight is 298 g/mol. The predicted molar refractivity (Wildman–Crippen MR) is 86.5 cm³/mol. The van der Waals surface area contributed by atoms with E-state index in [1.54, 1.807) is 18.2 Å². The van der Waals surface area contributed by atoms with Gasteiger partial charge in [0, 0.05) is 31.0 Å². The summed E-state index contributed by atoms with van der Waals surface area (Å²) < 4.78 is 4.66. The van der Waals surface area contributed by atoms with Crippen molar-refractivity contribution in [1.82, 2.24) is 0 Å². The Morgan fingerprint density at radius 3 is 2.36 bits per heavy atom. The normalized spacial score (nSPS) is 9.95. The topological polar surface area (TPSA) is 58.6 Å². The summed E-state index contributed by atoms with van der Waals surface area (Å²) in [6, 6.07) is 13.9. The Morgan fingerprint density at radius 1 is 1.00 bits per heavy atom. The first kappa shape index (κ1) is 15.6. The maximum absolute atomic E-state index is 12.3. The number of rotatable bonds is 4. The maximum Gasteiger partial charge on any atom is 0.337 e. The molecule has 1 amide bonds. The van der Waals surface area contributed by atoms with Gasteiger partial charge in [-0.1, -0.05) is 12.1 Å². The zero-order chi connectivity index (χ0) is 16.1. The van der Waals surface area contributed by atoms with Crippen LogP contribution in [-0.2, 0) is 4.74 Å². The lowest BCUT2D eigenvalue weighted by molar-refractivity contribution is 0.0600. The van der Waals surface area contributed by atoms with Crippen LogP contribution in [0, 0.1) is 0 Å². The van der Waals surface area contributed by atoms with Crippen molar-refractivity contribution in [2.75, 3.05) is 31.4 Å². The third kappa shape index (κ3) is 3.63. The Balaban J connectivity index is 2.19. The number of hydrogen-bond donors (Lipinski definition) is 1. The molecule has 0 heterocycles. The lowest BCUT2D eigenvalue weighted by Gasteiger charge is -2.14. The predicted octanol–water partition coefficient (Wildman–Crippen LogP) is 2.79. The highest BCUT2D eigenvalue weighted by Gasteiger charge is 2.11. The van der Waals surface area contributed by atoms with E-state index in [9.17, 15) is 9.59 Å². The fourth-order valence-corrected chi connectivity index (χ4v) is 1.97. The summed E-state index contributed by atoms with van der Waals surface area (Å²) in [5.41, 5.74) is 2.43. The Bertz CT molecular complexity index is 696. The van der Waals surface area contributed by atoms with Gasteiger partial charge in [0.1, 0.15) is 0 Å². The number of carbonyl (C=O) groups is 2. The highest BCUT2D eigenvalue weighted by Crippen LogP contribution is 2.18. The summed E-state index contributed by atoms with van der Waals surface area (Å²) >= 11 is 0. The molecule has 0 spiro atoms. The van der Waals surface area contributed by atoms with Gasteiger partial charge >= 0.3 is 5.97 Å². The number of hydrogen-bond acceptors (Lipinski definition) is 4. The Hall–Kier alpha value is -2.82. The van der Waals surface area contributed by atoms with Crippen LogP contribution < -0.4 is 10.2 Å². The molecule has 0 saturated carbocycles. The Kier molecular flexibility index (Phi) is 4.78. The number of anilines is 2. The minimum Gasteiger partial charge on any atom is -0.465 e. The van der Waals surface area contributed by atoms with Crippen molar-refractivity contribution in [3.63, 3.8) is 0 Å². The molecule has 5 nitrogen and oxygen atoms in total. The van der Waals surface area contributed by atoms with Crippen molar-refractivity contribution in [1.29, 1.82) is 0 Å². The molecule has 0 aliphatic rings. The van der Waals surface area contributed by atoms with Gasteiger partial charge in [-0.05, 0) is 36.4 Å². The molecule has 0 bridgehead atoms.